The third-order valence-electron chi connectivity index (χ3n) is 2.16. The second kappa shape index (κ2) is 4.40. The van der Waals surface area contributed by atoms with Crippen LogP contribution in [-0.2, 0) is 10.8 Å². The molecule has 2 aromatic rings. The smallest absolute Gasteiger partial charge is 0.151 e. The largest absolute Gasteiger partial charge is 0.257 e. The van der Waals surface area contributed by atoms with Gasteiger partial charge in [-0.2, -0.15) is 5.10 Å². The van der Waals surface area contributed by atoms with Crippen molar-refractivity contribution in [1.82, 2.24) is 9.78 Å². The molecule has 0 saturated carbocycles. The molecule has 0 aliphatic rings. The Bertz CT molecular complexity index is 439. The van der Waals surface area contributed by atoms with E-state index in [1.165, 1.54) is 0 Å². The van der Waals surface area contributed by atoms with Gasteiger partial charge in [0.05, 0.1) is 0 Å². The van der Waals surface area contributed by atoms with E-state index >= 15 is 0 Å². The molecule has 15 heavy (non-hydrogen) atoms. The van der Waals surface area contributed by atoms with Crippen molar-refractivity contribution in [2.75, 3.05) is 6.26 Å². The van der Waals surface area contributed by atoms with Crippen molar-refractivity contribution in [3.8, 4) is 0 Å². The van der Waals surface area contributed by atoms with Crippen molar-refractivity contribution in [3.63, 3.8) is 0 Å². The lowest BCUT2D eigenvalue weighted by atomic mass is 10.2. The monoisotopic (exact) mass is 220 g/mol. The first-order valence-corrected chi connectivity index (χ1v) is 6.27. The van der Waals surface area contributed by atoms with E-state index in [-0.39, 0.29) is 5.37 Å². The number of rotatable bonds is 3. The maximum absolute atomic E-state index is 11.7. The second-order valence-corrected chi connectivity index (χ2v) is 4.69. The zero-order valence-electron chi connectivity index (χ0n) is 8.41. The van der Waals surface area contributed by atoms with Gasteiger partial charge < -0.3 is 0 Å². The minimum absolute atomic E-state index is 0.193. The standard InChI is InChI=1S/C11H12N2OS/c1-15(14)11(13-9-5-8-12-13)10-6-3-2-4-7-10/h2-9,11H,1H3. The molecule has 0 fully saturated rings. The molecule has 0 saturated heterocycles. The normalized spacial score (nSPS) is 14.7. The van der Waals surface area contributed by atoms with Crippen molar-refractivity contribution >= 4 is 10.8 Å². The van der Waals surface area contributed by atoms with E-state index in [2.05, 4.69) is 5.10 Å². The molecule has 1 heterocycles. The maximum Gasteiger partial charge on any atom is 0.151 e. The van der Waals surface area contributed by atoms with Gasteiger partial charge in [-0.3, -0.25) is 8.89 Å². The predicted octanol–water partition coefficient (Wildman–Crippen LogP) is 1.81. The van der Waals surface area contributed by atoms with Crippen molar-refractivity contribution < 1.29 is 4.21 Å². The third-order valence-corrected chi connectivity index (χ3v) is 3.28. The quantitative estimate of drug-likeness (QED) is 0.790. The van der Waals surface area contributed by atoms with Crippen molar-refractivity contribution in [3.05, 3.63) is 54.4 Å². The summed E-state index contributed by atoms with van der Waals surface area (Å²) in [4.78, 5) is 0. The van der Waals surface area contributed by atoms with E-state index in [1.807, 2.05) is 42.6 Å². The van der Waals surface area contributed by atoms with Crippen LogP contribution >= 0.6 is 0 Å². The van der Waals surface area contributed by atoms with Crippen molar-refractivity contribution in [1.29, 1.82) is 0 Å². The summed E-state index contributed by atoms with van der Waals surface area (Å²) in [7, 11) is -0.983. The first-order chi connectivity index (χ1) is 7.29. The minimum Gasteiger partial charge on any atom is -0.257 e. The topological polar surface area (TPSA) is 34.9 Å². The van der Waals surface area contributed by atoms with Gasteiger partial charge in [-0.25, -0.2) is 0 Å². The number of benzene rings is 1. The highest BCUT2D eigenvalue weighted by Gasteiger charge is 2.16. The van der Waals surface area contributed by atoms with Gasteiger partial charge >= 0.3 is 0 Å². The summed E-state index contributed by atoms with van der Waals surface area (Å²) < 4.78 is 13.4. The Morgan fingerprint density at radius 3 is 2.53 bits per heavy atom. The van der Waals surface area contributed by atoms with Gasteiger partial charge in [0.15, 0.2) is 5.37 Å². The molecule has 0 radical (unpaired) electrons. The number of nitrogens with zero attached hydrogens (tertiary/aromatic N) is 2. The van der Waals surface area contributed by atoms with Crippen LogP contribution in [0.4, 0.5) is 0 Å². The summed E-state index contributed by atoms with van der Waals surface area (Å²) >= 11 is 0. The number of aromatic nitrogens is 2. The van der Waals surface area contributed by atoms with Gasteiger partial charge in [-0.05, 0) is 11.6 Å². The molecule has 0 bridgehead atoms. The molecule has 0 spiro atoms. The van der Waals surface area contributed by atoms with Crippen LogP contribution in [0.15, 0.2) is 48.8 Å². The Hall–Kier alpha value is -1.42. The van der Waals surface area contributed by atoms with Crippen LogP contribution in [0.25, 0.3) is 0 Å². The van der Waals surface area contributed by atoms with Gasteiger partial charge in [0, 0.05) is 29.4 Å². The lowest BCUT2D eigenvalue weighted by Crippen LogP contribution is -2.15. The average Bonchev–Trinajstić information content (AvgIpc) is 2.72. The zero-order valence-corrected chi connectivity index (χ0v) is 9.22. The molecule has 0 aliphatic carbocycles. The SMILES string of the molecule is CS(=O)C(c1ccccc1)n1cccn1. The summed E-state index contributed by atoms with van der Waals surface area (Å²) in [6.07, 6.45) is 5.22. The van der Waals surface area contributed by atoms with Crippen LogP contribution in [0.2, 0.25) is 0 Å². The summed E-state index contributed by atoms with van der Waals surface area (Å²) in [6, 6.07) is 11.6. The highest BCUT2D eigenvalue weighted by atomic mass is 32.2. The molecule has 1 aromatic carbocycles. The molecule has 2 unspecified atom stereocenters. The molecule has 0 aliphatic heterocycles. The summed E-state index contributed by atoms with van der Waals surface area (Å²) in [5.74, 6) is 0. The van der Waals surface area contributed by atoms with Gasteiger partial charge in [0.2, 0.25) is 0 Å². The Kier molecular flexibility index (Phi) is 2.97. The van der Waals surface area contributed by atoms with E-state index < -0.39 is 10.8 Å². The maximum atomic E-state index is 11.7. The molecule has 4 heteroatoms. The van der Waals surface area contributed by atoms with Crippen molar-refractivity contribution in [2.24, 2.45) is 0 Å². The van der Waals surface area contributed by atoms with Gasteiger partial charge in [0.25, 0.3) is 0 Å². The molecule has 2 rings (SSSR count). The third kappa shape index (κ3) is 2.15. The van der Waals surface area contributed by atoms with E-state index in [9.17, 15) is 4.21 Å². The Balaban J connectivity index is 2.42. The van der Waals surface area contributed by atoms with Gasteiger partial charge in [-0.15, -0.1) is 0 Å². The number of hydrogen-bond acceptors (Lipinski definition) is 2. The van der Waals surface area contributed by atoms with Crippen LogP contribution in [0, 0.1) is 0 Å². The summed E-state index contributed by atoms with van der Waals surface area (Å²) in [5.41, 5.74) is 1.02. The van der Waals surface area contributed by atoms with Crippen LogP contribution in [0.5, 0.6) is 0 Å². The zero-order chi connectivity index (χ0) is 10.7. The first kappa shape index (κ1) is 10.1. The van der Waals surface area contributed by atoms with Crippen LogP contribution in [-0.4, -0.2) is 20.2 Å². The van der Waals surface area contributed by atoms with Crippen LogP contribution in [0.1, 0.15) is 10.9 Å². The lowest BCUT2D eigenvalue weighted by Gasteiger charge is -2.14. The van der Waals surface area contributed by atoms with Crippen LogP contribution < -0.4 is 0 Å². The first-order valence-electron chi connectivity index (χ1n) is 4.65. The Labute approximate surface area is 91.2 Å². The van der Waals surface area contributed by atoms with E-state index in [1.54, 1.807) is 17.1 Å². The fourth-order valence-electron chi connectivity index (χ4n) is 1.53. The van der Waals surface area contributed by atoms with E-state index in [0.717, 1.165) is 5.56 Å². The molecular formula is C11H12N2OS. The fourth-order valence-corrected chi connectivity index (χ4v) is 2.50. The molecule has 2 atom stereocenters. The molecule has 1 aromatic heterocycles. The fraction of sp³-hybridized carbons (Fsp3) is 0.182. The van der Waals surface area contributed by atoms with E-state index in [4.69, 9.17) is 0 Å². The van der Waals surface area contributed by atoms with Crippen LogP contribution in [0.3, 0.4) is 0 Å². The highest BCUT2D eigenvalue weighted by molar-refractivity contribution is 7.84. The highest BCUT2D eigenvalue weighted by Crippen LogP contribution is 2.19. The Morgan fingerprint density at radius 1 is 1.27 bits per heavy atom. The van der Waals surface area contributed by atoms with Gasteiger partial charge in [0.1, 0.15) is 0 Å². The van der Waals surface area contributed by atoms with Crippen molar-refractivity contribution in [2.45, 2.75) is 5.37 Å². The van der Waals surface area contributed by atoms with E-state index in [0.29, 0.717) is 0 Å². The summed E-state index contributed by atoms with van der Waals surface area (Å²) in [5, 5.41) is 3.94. The molecule has 3 nitrogen and oxygen atoms in total. The Morgan fingerprint density at radius 2 is 2.00 bits per heavy atom. The minimum atomic E-state index is -0.983. The number of hydrogen-bond donors (Lipinski definition) is 0. The predicted molar refractivity (Wildman–Crippen MR) is 60.9 cm³/mol. The molecule has 78 valence electrons. The summed E-state index contributed by atoms with van der Waals surface area (Å²) in [6.45, 7) is 0. The molecular weight excluding hydrogens is 208 g/mol. The lowest BCUT2D eigenvalue weighted by molar-refractivity contribution is 0.624. The average molecular weight is 220 g/mol. The molecule has 0 N–H and O–H groups in total. The second-order valence-electron chi connectivity index (χ2n) is 3.25. The van der Waals surface area contributed by atoms with Gasteiger partial charge in [-0.1, -0.05) is 30.3 Å². The molecule has 0 amide bonds.